The fourth-order valence-electron chi connectivity index (χ4n) is 3.09. The summed E-state index contributed by atoms with van der Waals surface area (Å²) in [4.78, 5) is 26.7. The number of amides is 2. The van der Waals surface area contributed by atoms with Gasteiger partial charge in [0.1, 0.15) is 0 Å². The summed E-state index contributed by atoms with van der Waals surface area (Å²) < 4.78 is 0. The van der Waals surface area contributed by atoms with Crippen LogP contribution in [-0.4, -0.2) is 36.3 Å². The van der Waals surface area contributed by atoms with E-state index in [-0.39, 0.29) is 18.4 Å². The van der Waals surface area contributed by atoms with E-state index in [0.29, 0.717) is 0 Å². The van der Waals surface area contributed by atoms with Gasteiger partial charge >= 0.3 is 0 Å². The molecule has 0 aromatic heterocycles. The highest BCUT2D eigenvalue weighted by atomic mass is 16.2. The third kappa shape index (κ3) is 5.66. The fraction of sp³-hybridized carbons (Fsp3) is 0.364. The number of anilines is 2. The maximum Gasteiger partial charge on any atom is 0.241 e. The van der Waals surface area contributed by atoms with Crippen LogP contribution in [0.2, 0.25) is 0 Å². The normalized spacial score (nSPS) is 12.0. The molecule has 1 atom stereocenters. The number of likely N-dealkylation sites (N-methyl/N-ethyl adjacent to an activating group) is 1. The Labute approximate surface area is 161 Å². The zero-order valence-electron chi connectivity index (χ0n) is 17.0. The highest BCUT2D eigenvalue weighted by Gasteiger charge is 2.21. The number of hydrogen-bond acceptors (Lipinski definition) is 3. The van der Waals surface area contributed by atoms with Crippen LogP contribution in [0.3, 0.4) is 0 Å². The standard InChI is InChI=1S/C22H29N3O2/c1-14-8-7-9-19(12-14)23-22(27)18(5)25(6)13-20(26)24-21-16(3)10-15(2)11-17(21)4/h7-12,18H,13H2,1-6H3,(H,23,27)(H,24,26). The van der Waals surface area contributed by atoms with Crippen molar-refractivity contribution in [3.63, 3.8) is 0 Å². The monoisotopic (exact) mass is 367 g/mol. The van der Waals surface area contributed by atoms with E-state index in [2.05, 4.69) is 10.6 Å². The lowest BCUT2D eigenvalue weighted by Crippen LogP contribution is -2.43. The van der Waals surface area contributed by atoms with E-state index in [0.717, 1.165) is 28.1 Å². The molecular formula is C22H29N3O2. The largest absolute Gasteiger partial charge is 0.325 e. The number of rotatable bonds is 6. The molecule has 144 valence electrons. The first-order valence-electron chi connectivity index (χ1n) is 9.13. The fourth-order valence-corrected chi connectivity index (χ4v) is 3.09. The van der Waals surface area contributed by atoms with E-state index in [9.17, 15) is 9.59 Å². The second-order valence-corrected chi connectivity index (χ2v) is 7.27. The number of nitrogens with one attached hydrogen (secondary N) is 2. The zero-order chi connectivity index (χ0) is 20.1. The Morgan fingerprint density at radius 3 is 2.19 bits per heavy atom. The molecule has 0 aliphatic heterocycles. The molecular weight excluding hydrogens is 338 g/mol. The maximum absolute atomic E-state index is 12.5. The number of carbonyl (C=O) groups is 2. The highest BCUT2D eigenvalue weighted by molar-refractivity contribution is 5.96. The third-order valence-corrected chi connectivity index (χ3v) is 4.66. The Balaban J connectivity index is 1.96. The first kappa shape index (κ1) is 20.6. The summed E-state index contributed by atoms with van der Waals surface area (Å²) in [7, 11) is 1.77. The highest BCUT2D eigenvalue weighted by Crippen LogP contribution is 2.21. The number of benzene rings is 2. The topological polar surface area (TPSA) is 61.4 Å². The van der Waals surface area contributed by atoms with Gasteiger partial charge in [0.05, 0.1) is 12.6 Å². The summed E-state index contributed by atoms with van der Waals surface area (Å²) >= 11 is 0. The van der Waals surface area contributed by atoms with Gasteiger partial charge in [-0.15, -0.1) is 0 Å². The molecule has 27 heavy (non-hydrogen) atoms. The van der Waals surface area contributed by atoms with Crippen molar-refractivity contribution >= 4 is 23.2 Å². The number of aryl methyl sites for hydroxylation is 4. The number of nitrogens with zero attached hydrogens (tertiary/aromatic N) is 1. The van der Waals surface area contributed by atoms with Gasteiger partial charge in [-0.2, -0.15) is 0 Å². The zero-order valence-corrected chi connectivity index (χ0v) is 17.0. The van der Waals surface area contributed by atoms with E-state index in [4.69, 9.17) is 0 Å². The van der Waals surface area contributed by atoms with Crippen LogP contribution in [-0.2, 0) is 9.59 Å². The van der Waals surface area contributed by atoms with Crippen LogP contribution in [0, 0.1) is 27.7 Å². The molecule has 0 radical (unpaired) electrons. The molecule has 2 rings (SSSR count). The average Bonchev–Trinajstić information content (AvgIpc) is 2.57. The van der Waals surface area contributed by atoms with Crippen molar-refractivity contribution < 1.29 is 9.59 Å². The molecule has 2 N–H and O–H groups in total. The summed E-state index contributed by atoms with van der Waals surface area (Å²) in [6.07, 6.45) is 0. The lowest BCUT2D eigenvalue weighted by Gasteiger charge is -2.24. The van der Waals surface area contributed by atoms with Crippen molar-refractivity contribution in [3.8, 4) is 0 Å². The Hall–Kier alpha value is -2.66. The molecule has 5 heteroatoms. The van der Waals surface area contributed by atoms with Crippen molar-refractivity contribution in [1.82, 2.24) is 4.90 Å². The summed E-state index contributed by atoms with van der Waals surface area (Å²) in [6.45, 7) is 9.91. The first-order chi connectivity index (χ1) is 12.7. The second-order valence-electron chi connectivity index (χ2n) is 7.27. The van der Waals surface area contributed by atoms with Crippen LogP contribution < -0.4 is 10.6 Å². The van der Waals surface area contributed by atoms with Crippen LogP contribution >= 0.6 is 0 Å². The average molecular weight is 367 g/mol. The van der Waals surface area contributed by atoms with Gasteiger partial charge in [0.15, 0.2) is 0 Å². The molecule has 2 aromatic carbocycles. The Morgan fingerprint density at radius 1 is 0.963 bits per heavy atom. The SMILES string of the molecule is Cc1cccc(NC(=O)C(C)N(C)CC(=O)Nc2c(C)cc(C)cc2C)c1. The molecule has 0 fully saturated rings. The summed E-state index contributed by atoms with van der Waals surface area (Å²) in [6, 6.07) is 11.3. The minimum atomic E-state index is -0.434. The molecule has 0 spiro atoms. The van der Waals surface area contributed by atoms with E-state index < -0.39 is 6.04 Å². The molecule has 0 heterocycles. The molecule has 0 saturated heterocycles. The van der Waals surface area contributed by atoms with Crippen molar-refractivity contribution in [3.05, 3.63) is 58.7 Å². The van der Waals surface area contributed by atoms with Gasteiger partial charge in [0.25, 0.3) is 0 Å². The smallest absolute Gasteiger partial charge is 0.241 e. The number of hydrogen-bond donors (Lipinski definition) is 2. The van der Waals surface area contributed by atoms with Crippen LogP contribution in [0.25, 0.3) is 0 Å². The molecule has 0 aliphatic rings. The predicted octanol–water partition coefficient (Wildman–Crippen LogP) is 3.82. The minimum absolute atomic E-state index is 0.134. The van der Waals surface area contributed by atoms with Gasteiger partial charge in [-0.05, 0) is 70.5 Å². The first-order valence-corrected chi connectivity index (χ1v) is 9.13. The second kappa shape index (κ2) is 8.82. The van der Waals surface area contributed by atoms with E-state index in [1.54, 1.807) is 18.9 Å². The minimum Gasteiger partial charge on any atom is -0.325 e. The van der Waals surface area contributed by atoms with Gasteiger partial charge in [-0.25, -0.2) is 0 Å². The summed E-state index contributed by atoms with van der Waals surface area (Å²) in [5, 5.41) is 5.87. The number of carbonyl (C=O) groups excluding carboxylic acids is 2. The Kier molecular flexibility index (Phi) is 6.75. The van der Waals surface area contributed by atoms with Crippen molar-refractivity contribution in [1.29, 1.82) is 0 Å². The van der Waals surface area contributed by atoms with Crippen LogP contribution in [0.1, 0.15) is 29.2 Å². The lowest BCUT2D eigenvalue weighted by atomic mass is 10.1. The quantitative estimate of drug-likeness (QED) is 0.816. The van der Waals surface area contributed by atoms with Gasteiger partial charge < -0.3 is 10.6 Å². The third-order valence-electron chi connectivity index (χ3n) is 4.66. The van der Waals surface area contributed by atoms with Gasteiger partial charge in [0.2, 0.25) is 11.8 Å². The van der Waals surface area contributed by atoms with Crippen LogP contribution in [0.15, 0.2) is 36.4 Å². The molecule has 0 bridgehead atoms. The van der Waals surface area contributed by atoms with Gasteiger partial charge in [0, 0.05) is 11.4 Å². The van der Waals surface area contributed by atoms with E-state index in [1.807, 2.05) is 64.1 Å². The molecule has 1 unspecified atom stereocenters. The molecule has 0 saturated carbocycles. The van der Waals surface area contributed by atoms with Crippen LogP contribution in [0.4, 0.5) is 11.4 Å². The Morgan fingerprint density at radius 2 is 1.59 bits per heavy atom. The predicted molar refractivity (Wildman–Crippen MR) is 111 cm³/mol. The molecule has 5 nitrogen and oxygen atoms in total. The van der Waals surface area contributed by atoms with E-state index in [1.165, 1.54) is 5.56 Å². The maximum atomic E-state index is 12.5. The molecule has 2 aromatic rings. The van der Waals surface area contributed by atoms with Gasteiger partial charge in [-0.3, -0.25) is 14.5 Å². The summed E-state index contributed by atoms with van der Waals surface area (Å²) in [5.41, 5.74) is 5.92. The van der Waals surface area contributed by atoms with Crippen molar-refractivity contribution in [2.75, 3.05) is 24.2 Å². The van der Waals surface area contributed by atoms with Crippen molar-refractivity contribution in [2.24, 2.45) is 0 Å². The Bertz CT molecular complexity index is 822. The molecule has 2 amide bonds. The van der Waals surface area contributed by atoms with Crippen LogP contribution in [0.5, 0.6) is 0 Å². The lowest BCUT2D eigenvalue weighted by molar-refractivity contribution is -0.122. The van der Waals surface area contributed by atoms with E-state index >= 15 is 0 Å². The molecule has 0 aliphatic carbocycles. The van der Waals surface area contributed by atoms with Crippen molar-refractivity contribution in [2.45, 2.75) is 40.7 Å². The van der Waals surface area contributed by atoms with Gasteiger partial charge in [-0.1, -0.05) is 29.8 Å². The summed E-state index contributed by atoms with van der Waals surface area (Å²) in [5.74, 6) is -0.277.